The van der Waals surface area contributed by atoms with E-state index < -0.39 is 57.9 Å². The van der Waals surface area contributed by atoms with Crippen molar-refractivity contribution in [3.63, 3.8) is 0 Å². The van der Waals surface area contributed by atoms with Gasteiger partial charge in [-0.25, -0.2) is 0 Å². The summed E-state index contributed by atoms with van der Waals surface area (Å²) in [4.78, 5) is 40.4. The zero-order chi connectivity index (χ0) is 23.9. The minimum atomic E-state index is -2.54. The van der Waals surface area contributed by atoms with E-state index in [2.05, 4.69) is 6.07 Å². The molecule has 4 rings (SSSR count). The van der Waals surface area contributed by atoms with Crippen molar-refractivity contribution in [2.24, 2.45) is 11.8 Å². The Morgan fingerprint density at radius 2 is 1.73 bits per heavy atom. The number of Topliss-reactive ketones (excluding diaryl/α,β-unsaturated/α-hetero) is 3. The van der Waals surface area contributed by atoms with Gasteiger partial charge in [0, 0.05) is 49.9 Å². The maximum Gasteiger partial charge on any atom is 0.202 e. The molecule has 1 fully saturated rings. The summed E-state index contributed by atoms with van der Waals surface area (Å²) in [6.45, 7) is 4.51. The summed E-state index contributed by atoms with van der Waals surface area (Å²) < 4.78 is 0. The van der Waals surface area contributed by atoms with Gasteiger partial charge >= 0.3 is 0 Å². The van der Waals surface area contributed by atoms with Crippen molar-refractivity contribution in [3.05, 3.63) is 45.2 Å². The second-order valence-corrected chi connectivity index (χ2v) is 9.23. The minimum Gasteiger partial charge on any atom is -0.565 e. The maximum atomic E-state index is 13.7. The number of nitrogens with zero attached hydrogens (tertiary/aromatic N) is 1. The molecule has 0 aliphatic heterocycles. The van der Waals surface area contributed by atoms with Gasteiger partial charge in [-0.3, -0.25) is 19.3 Å². The van der Waals surface area contributed by atoms with Gasteiger partial charge in [0.2, 0.25) is 5.78 Å². The van der Waals surface area contributed by atoms with Crippen LogP contribution < -0.4 is 0 Å². The minimum absolute atomic E-state index is 0. The third kappa shape index (κ3) is 3.37. The first-order chi connectivity index (χ1) is 14.8. The fourth-order valence-corrected chi connectivity index (χ4v) is 5.68. The van der Waals surface area contributed by atoms with E-state index in [0.29, 0.717) is 17.5 Å². The van der Waals surface area contributed by atoms with Gasteiger partial charge in [0.15, 0.2) is 17.2 Å². The number of phenolic OH excluding ortho intramolecular Hbond substituents is 1. The van der Waals surface area contributed by atoms with Crippen LogP contribution in [0.25, 0.3) is 5.76 Å². The molecule has 0 saturated heterocycles. The molecule has 4 N–H and O–H groups in total. The second-order valence-electron chi connectivity index (χ2n) is 9.23. The number of fused-ring (bicyclic) bond motifs is 3. The molecule has 0 spiro atoms. The Morgan fingerprint density at radius 1 is 1.12 bits per heavy atom. The summed E-state index contributed by atoms with van der Waals surface area (Å²) in [5.41, 5.74) is -1.37. The van der Waals surface area contributed by atoms with Crippen LogP contribution in [0.4, 0.5) is 0 Å². The molecule has 1 saturated carbocycles. The Labute approximate surface area is 216 Å². The van der Waals surface area contributed by atoms with Crippen molar-refractivity contribution in [2.75, 3.05) is 14.1 Å². The summed E-state index contributed by atoms with van der Waals surface area (Å²) in [5, 5.41) is 44.1. The van der Waals surface area contributed by atoms with E-state index in [0.717, 1.165) is 12.5 Å². The molecule has 4 atom stereocenters. The number of benzene rings is 1. The van der Waals surface area contributed by atoms with Gasteiger partial charge in [-0.2, -0.15) is 11.6 Å². The quantitative estimate of drug-likeness (QED) is 0.334. The van der Waals surface area contributed by atoms with E-state index >= 15 is 0 Å². The Hall–Kier alpha value is -1.87. The third-order valence-electron chi connectivity index (χ3n) is 7.14. The molecule has 33 heavy (non-hydrogen) atoms. The number of aromatic hydroxyl groups is 1. The SMILES string of the molecule is CC(=O)C1=C(O)[C@@]2(O)C(=O)C3=C(O)c4c(O)c(C)[c-]c(C)c4C[C@H]3C[C@H]2[C@H](N(C)C)C1=O.[Y]. The third-order valence-corrected chi connectivity index (χ3v) is 7.14. The average molecular weight is 529 g/mol. The molecule has 0 unspecified atom stereocenters. The van der Waals surface area contributed by atoms with Crippen molar-refractivity contribution < 1.29 is 67.5 Å². The van der Waals surface area contributed by atoms with Gasteiger partial charge in [-0.05, 0) is 38.9 Å². The average Bonchev–Trinajstić information content (AvgIpc) is 2.68. The molecule has 1 aromatic carbocycles. The van der Waals surface area contributed by atoms with Gasteiger partial charge in [0.25, 0.3) is 0 Å². The molecular formula is C24H26NO7Y-. The van der Waals surface area contributed by atoms with Crippen molar-refractivity contribution in [1.82, 2.24) is 4.90 Å². The van der Waals surface area contributed by atoms with Gasteiger partial charge in [-0.1, -0.05) is 20.3 Å². The van der Waals surface area contributed by atoms with Crippen LogP contribution in [0.3, 0.4) is 0 Å². The standard InChI is InChI=1S/C24H26NO7.Y/c1-9-6-10(2)19(27)17-13(9)7-12-8-14-18(25(4)5)21(29)15(11(3)26)22(30)24(14,32)23(31)16(12)20(17)28;/h12,14,18,27-28,30,32H,7-8H2,1-5H3;/q-1;/t12-,14-,18-,24+;/m0./s1. The van der Waals surface area contributed by atoms with E-state index in [1.807, 2.05) is 0 Å². The first kappa shape index (κ1) is 25.8. The zero-order valence-electron chi connectivity index (χ0n) is 19.2. The van der Waals surface area contributed by atoms with E-state index in [4.69, 9.17) is 0 Å². The number of aliphatic hydroxyl groups is 3. The van der Waals surface area contributed by atoms with E-state index in [1.165, 1.54) is 4.90 Å². The van der Waals surface area contributed by atoms with Crippen molar-refractivity contribution >= 4 is 23.1 Å². The number of carbonyl (C=O) groups excluding carboxylic acids is 3. The number of aryl methyl sites for hydroxylation is 2. The van der Waals surface area contributed by atoms with Gasteiger partial charge in [0.05, 0.1) is 6.04 Å². The van der Waals surface area contributed by atoms with Crippen LogP contribution in [0.1, 0.15) is 35.6 Å². The molecule has 3 aliphatic carbocycles. The predicted molar refractivity (Wildman–Crippen MR) is 114 cm³/mol. The molecule has 1 aromatic rings. The summed E-state index contributed by atoms with van der Waals surface area (Å²) >= 11 is 0. The molecule has 173 valence electrons. The number of carbonyl (C=O) groups is 3. The molecule has 0 bridgehead atoms. The summed E-state index contributed by atoms with van der Waals surface area (Å²) in [5.74, 6) is -5.55. The van der Waals surface area contributed by atoms with Crippen LogP contribution in [-0.2, 0) is 53.5 Å². The topological polar surface area (TPSA) is 135 Å². The zero-order valence-corrected chi connectivity index (χ0v) is 22.0. The van der Waals surface area contributed by atoms with Crippen LogP contribution in [0.15, 0.2) is 16.9 Å². The number of likely N-dealkylation sites (N-methyl/N-ethyl adjacent to an activating group) is 1. The number of rotatable bonds is 2. The Bertz CT molecular complexity index is 1170. The summed E-state index contributed by atoms with van der Waals surface area (Å²) in [6.07, 6.45) is 0.403. The van der Waals surface area contributed by atoms with E-state index in [1.54, 1.807) is 27.9 Å². The number of hydrogen-bond donors (Lipinski definition) is 4. The monoisotopic (exact) mass is 529 g/mol. The predicted octanol–water partition coefficient (Wildman–Crippen LogP) is 1.48. The summed E-state index contributed by atoms with van der Waals surface area (Å²) in [6, 6.07) is 2.04. The Kier molecular flexibility index (Phi) is 6.57. The van der Waals surface area contributed by atoms with Crippen LogP contribution in [0.5, 0.6) is 5.75 Å². The normalized spacial score (nSPS) is 28.9. The number of phenols is 1. The molecule has 0 aromatic heterocycles. The van der Waals surface area contributed by atoms with Gasteiger partial charge in [-0.15, -0.1) is 11.1 Å². The first-order valence-corrected chi connectivity index (χ1v) is 10.4. The molecule has 0 heterocycles. The molecule has 1 radical (unpaired) electrons. The van der Waals surface area contributed by atoms with E-state index in [9.17, 15) is 34.8 Å². The van der Waals surface area contributed by atoms with Crippen molar-refractivity contribution in [3.8, 4) is 5.75 Å². The Morgan fingerprint density at radius 3 is 2.27 bits per heavy atom. The molecule has 3 aliphatic rings. The molecule has 8 nitrogen and oxygen atoms in total. The fourth-order valence-electron chi connectivity index (χ4n) is 5.68. The van der Waals surface area contributed by atoms with Crippen LogP contribution in [-0.4, -0.2) is 68.4 Å². The molecular weight excluding hydrogens is 503 g/mol. The smallest absolute Gasteiger partial charge is 0.202 e. The van der Waals surface area contributed by atoms with Crippen LogP contribution >= 0.6 is 0 Å². The fraction of sp³-hybridized carbons (Fsp3) is 0.458. The maximum absolute atomic E-state index is 13.7. The molecule has 0 amide bonds. The number of ketones is 3. The largest absolute Gasteiger partial charge is 0.565 e. The molecule has 9 heteroatoms. The summed E-state index contributed by atoms with van der Waals surface area (Å²) in [7, 11) is 3.21. The first-order valence-electron chi connectivity index (χ1n) is 10.4. The van der Waals surface area contributed by atoms with Crippen LogP contribution in [0, 0.1) is 31.7 Å². The Balaban J connectivity index is 0.00000306. The second kappa shape index (κ2) is 8.41. The van der Waals surface area contributed by atoms with Crippen molar-refractivity contribution in [2.45, 2.75) is 45.3 Å². The number of aliphatic hydroxyl groups excluding tert-OH is 2. The number of hydrogen-bond acceptors (Lipinski definition) is 8. The van der Waals surface area contributed by atoms with Gasteiger partial charge < -0.3 is 20.4 Å². The van der Waals surface area contributed by atoms with Gasteiger partial charge in [0.1, 0.15) is 17.1 Å². The van der Waals surface area contributed by atoms with E-state index in [-0.39, 0.29) is 56.0 Å². The van der Waals surface area contributed by atoms with Crippen molar-refractivity contribution in [1.29, 1.82) is 0 Å². The van der Waals surface area contributed by atoms with Crippen LogP contribution in [0.2, 0.25) is 0 Å².